The first-order valence-corrected chi connectivity index (χ1v) is 10.6. The molecule has 0 bridgehead atoms. The Morgan fingerprint density at radius 1 is 1.32 bits per heavy atom. The third kappa shape index (κ3) is 3.72. The summed E-state index contributed by atoms with van der Waals surface area (Å²) in [5, 5.41) is 0.981. The molecule has 8 nitrogen and oxygen atoms in total. The van der Waals surface area contributed by atoms with Crippen molar-refractivity contribution < 1.29 is 14.3 Å². The van der Waals surface area contributed by atoms with E-state index < -0.39 is 5.91 Å². The van der Waals surface area contributed by atoms with E-state index in [1.807, 2.05) is 25.1 Å². The van der Waals surface area contributed by atoms with E-state index in [0.717, 1.165) is 26.3 Å². The molecule has 1 saturated heterocycles. The van der Waals surface area contributed by atoms with E-state index in [-0.39, 0.29) is 23.2 Å². The van der Waals surface area contributed by atoms with Gasteiger partial charge in [-0.25, -0.2) is 9.97 Å². The zero-order chi connectivity index (χ0) is 22.3. The Morgan fingerprint density at radius 3 is 2.77 bits per heavy atom. The van der Waals surface area contributed by atoms with Gasteiger partial charge in [0.1, 0.15) is 23.0 Å². The fourth-order valence-electron chi connectivity index (χ4n) is 3.93. The molecule has 3 aromatic rings. The van der Waals surface area contributed by atoms with Crippen LogP contribution in [0.4, 0.5) is 5.82 Å². The van der Waals surface area contributed by atoms with Crippen molar-refractivity contribution in [3.05, 3.63) is 47.8 Å². The zero-order valence-electron chi connectivity index (χ0n) is 17.3. The highest BCUT2D eigenvalue weighted by molar-refractivity contribution is 7.22. The van der Waals surface area contributed by atoms with Gasteiger partial charge in [-0.3, -0.25) is 9.59 Å². The van der Waals surface area contributed by atoms with Crippen LogP contribution in [0.5, 0.6) is 5.75 Å². The van der Waals surface area contributed by atoms with Crippen molar-refractivity contribution >= 4 is 39.1 Å². The highest BCUT2D eigenvalue weighted by Crippen LogP contribution is 2.41. The lowest BCUT2D eigenvalue weighted by atomic mass is 10.1. The summed E-state index contributed by atoms with van der Waals surface area (Å²) in [6, 6.07) is 5.96. The molecular weight excluding hydrogens is 414 g/mol. The topological polar surface area (TPSA) is 124 Å². The van der Waals surface area contributed by atoms with Gasteiger partial charge in [0, 0.05) is 19.0 Å². The van der Waals surface area contributed by atoms with E-state index in [9.17, 15) is 9.59 Å². The maximum absolute atomic E-state index is 12.2. The van der Waals surface area contributed by atoms with Crippen LogP contribution in [0.2, 0.25) is 0 Å². The molecule has 1 fully saturated rings. The summed E-state index contributed by atoms with van der Waals surface area (Å²) in [4.78, 5) is 35.7. The first-order chi connectivity index (χ1) is 14.8. The van der Waals surface area contributed by atoms with Crippen molar-refractivity contribution in [3.8, 4) is 16.3 Å². The lowest BCUT2D eigenvalue weighted by molar-refractivity contribution is -0.125. The second-order valence-electron chi connectivity index (χ2n) is 7.53. The average molecular weight is 438 g/mol. The molecule has 4 rings (SSSR count). The summed E-state index contributed by atoms with van der Waals surface area (Å²) in [7, 11) is 1.62. The number of aryl methyl sites for hydroxylation is 1. The first kappa shape index (κ1) is 20.8. The molecule has 1 atom stereocenters. The van der Waals surface area contributed by atoms with Gasteiger partial charge in [-0.05, 0) is 42.5 Å². The smallest absolute Gasteiger partial charge is 0.254 e. The summed E-state index contributed by atoms with van der Waals surface area (Å²) in [5.74, 6) is 0.395. The lowest BCUT2D eigenvalue weighted by Gasteiger charge is -2.15. The molecular formula is C22H23N5O3S. The maximum Gasteiger partial charge on any atom is 0.254 e. The van der Waals surface area contributed by atoms with E-state index >= 15 is 0 Å². The Bertz CT molecular complexity index is 1220. The van der Waals surface area contributed by atoms with E-state index in [1.54, 1.807) is 12.0 Å². The number of benzene rings is 1. The van der Waals surface area contributed by atoms with Gasteiger partial charge in [0.05, 0.1) is 22.4 Å². The van der Waals surface area contributed by atoms with Crippen molar-refractivity contribution in [1.29, 1.82) is 0 Å². The van der Waals surface area contributed by atoms with Crippen LogP contribution in [0, 0.1) is 6.92 Å². The number of methoxy groups -OCH3 is 1. The monoisotopic (exact) mass is 437 g/mol. The second-order valence-corrected chi connectivity index (χ2v) is 8.58. The average Bonchev–Trinajstić information content (AvgIpc) is 3.39. The largest absolute Gasteiger partial charge is 0.495 e. The third-order valence-corrected chi connectivity index (χ3v) is 6.59. The van der Waals surface area contributed by atoms with Crippen molar-refractivity contribution in [3.63, 3.8) is 0 Å². The SMILES string of the molecule is C=CC(=O)N1CC[C@H](c2nc(N)c(C(N)=O)c(-c3cc4cc(C)cc(OC)c4s3)n2)C1. The molecule has 0 spiro atoms. The Balaban J connectivity index is 1.83. The number of carbonyl (C=O) groups excluding carboxylic acids is 2. The number of nitrogen functional groups attached to an aromatic ring is 1. The number of primary amides is 1. The Kier molecular flexibility index (Phi) is 5.36. The number of anilines is 1. The Hall–Kier alpha value is -3.46. The maximum atomic E-state index is 12.2. The van der Waals surface area contributed by atoms with Gasteiger partial charge in [0.2, 0.25) is 5.91 Å². The third-order valence-electron chi connectivity index (χ3n) is 5.42. The predicted octanol–water partition coefficient (Wildman–Crippen LogP) is 2.86. The molecule has 0 radical (unpaired) electrons. The van der Waals surface area contributed by atoms with Gasteiger partial charge < -0.3 is 21.1 Å². The minimum Gasteiger partial charge on any atom is -0.495 e. The molecule has 1 aliphatic rings. The predicted molar refractivity (Wildman–Crippen MR) is 121 cm³/mol. The number of fused-ring (bicyclic) bond motifs is 1. The number of likely N-dealkylation sites (tertiary alicyclic amines) is 1. The molecule has 0 unspecified atom stereocenters. The van der Waals surface area contributed by atoms with Crippen molar-refractivity contribution in [2.75, 3.05) is 25.9 Å². The van der Waals surface area contributed by atoms with Crippen LogP contribution in [0.25, 0.3) is 20.7 Å². The van der Waals surface area contributed by atoms with E-state index in [0.29, 0.717) is 31.0 Å². The number of hydrogen-bond donors (Lipinski definition) is 2. The number of hydrogen-bond acceptors (Lipinski definition) is 7. The molecule has 0 saturated carbocycles. The number of amides is 2. The number of ether oxygens (including phenoxy) is 1. The fraction of sp³-hybridized carbons (Fsp3) is 0.273. The van der Waals surface area contributed by atoms with Crippen molar-refractivity contribution in [1.82, 2.24) is 14.9 Å². The Morgan fingerprint density at radius 2 is 2.10 bits per heavy atom. The molecule has 1 aromatic carbocycles. The number of nitrogens with two attached hydrogens (primary N) is 2. The summed E-state index contributed by atoms with van der Waals surface area (Å²) in [6.45, 7) is 6.59. The van der Waals surface area contributed by atoms with E-state index in [2.05, 4.69) is 11.6 Å². The quantitative estimate of drug-likeness (QED) is 0.592. The number of aromatic nitrogens is 2. The molecule has 2 aromatic heterocycles. The molecule has 1 aliphatic heterocycles. The van der Waals surface area contributed by atoms with Gasteiger partial charge in [0.25, 0.3) is 5.91 Å². The van der Waals surface area contributed by atoms with Gasteiger partial charge in [-0.15, -0.1) is 11.3 Å². The van der Waals surface area contributed by atoms with Crippen LogP contribution >= 0.6 is 11.3 Å². The summed E-state index contributed by atoms with van der Waals surface area (Å²) in [6.07, 6.45) is 2.00. The van der Waals surface area contributed by atoms with E-state index in [4.69, 9.17) is 21.2 Å². The van der Waals surface area contributed by atoms with Crippen LogP contribution in [-0.2, 0) is 4.79 Å². The second kappa shape index (κ2) is 7.99. The minimum atomic E-state index is -0.686. The van der Waals surface area contributed by atoms with E-state index in [1.165, 1.54) is 17.4 Å². The van der Waals surface area contributed by atoms with Crippen LogP contribution in [0.3, 0.4) is 0 Å². The molecule has 3 heterocycles. The zero-order valence-corrected chi connectivity index (χ0v) is 18.2. The summed E-state index contributed by atoms with van der Waals surface area (Å²) in [5.41, 5.74) is 13.3. The van der Waals surface area contributed by atoms with Crippen molar-refractivity contribution in [2.45, 2.75) is 19.3 Å². The number of carbonyl (C=O) groups is 2. The lowest BCUT2D eigenvalue weighted by Crippen LogP contribution is -2.26. The number of nitrogens with zero attached hydrogens (tertiary/aromatic N) is 3. The van der Waals surface area contributed by atoms with Crippen LogP contribution in [0.15, 0.2) is 30.9 Å². The summed E-state index contributed by atoms with van der Waals surface area (Å²) < 4.78 is 6.47. The fourth-order valence-corrected chi connectivity index (χ4v) is 5.06. The summed E-state index contributed by atoms with van der Waals surface area (Å²) >= 11 is 1.45. The molecule has 160 valence electrons. The minimum absolute atomic E-state index is 0.0431. The van der Waals surface area contributed by atoms with Gasteiger partial charge in [0.15, 0.2) is 0 Å². The highest BCUT2D eigenvalue weighted by Gasteiger charge is 2.30. The number of rotatable bonds is 5. The van der Waals surface area contributed by atoms with Crippen LogP contribution < -0.4 is 16.2 Å². The standard InChI is InChI=1S/C22H23N5O3S/c1-4-16(28)27-6-5-12(10-27)22-25-18(17(21(24)29)20(23)26-22)15-9-13-7-11(2)8-14(30-3)19(13)31-15/h4,7-9,12H,1,5-6,10H2,2-3H3,(H2,24,29)(H2,23,25,26)/t12-/m0/s1. The molecule has 0 aliphatic carbocycles. The normalized spacial score (nSPS) is 15.9. The van der Waals surface area contributed by atoms with Crippen LogP contribution in [-0.4, -0.2) is 46.9 Å². The highest BCUT2D eigenvalue weighted by atomic mass is 32.1. The Labute approximate surface area is 183 Å². The number of thiophene rings is 1. The molecule has 31 heavy (non-hydrogen) atoms. The molecule has 2 amide bonds. The molecule has 4 N–H and O–H groups in total. The van der Waals surface area contributed by atoms with Crippen LogP contribution in [0.1, 0.15) is 34.1 Å². The van der Waals surface area contributed by atoms with Crippen molar-refractivity contribution in [2.24, 2.45) is 5.73 Å². The molecule has 9 heteroatoms. The van der Waals surface area contributed by atoms with Gasteiger partial charge in [-0.2, -0.15) is 0 Å². The first-order valence-electron chi connectivity index (χ1n) is 9.79. The van der Waals surface area contributed by atoms with Gasteiger partial charge >= 0.3 is 0 Å². The van der Waals surface area contributed by atoms with Gasteiger partial charge in [-0.1, -0.05) is 12.6 Å².